The van der Waals surface area contributed by atoms with Crippen LogP contribution in [0.3, 0.4) is 0 Å². The molecule has 1 N–H and O–H groups in total. The number of hydrogen-bond acceptors (Lipinski definition) is 3. The first kappa shape index (κ1) is 25.2. The van der Waals surface area contributed by atoms with Gasteiger partial charge in [0.25, 0.3) is 0 Å². The van der Waals surface area contributed by atoms with Gasteiger partial charge in [-0.25, -0.2) is 0 Å². The van der Waals surface area contributed by atoms with Crippen molar-refractivity contribution >= 4 is 0 Å². The third kappa shape index (κ3) is 6.70. The third-order valence-corrected chi connectivity index (χ3v) is 4.30. The van der Waals surface area contributed by atoms with E-state index in [1.807, 2.05) is 11.9 Å². The molecule has 0 amide bonds. The van der Waals surface area contributed by atoms with Crippen LogP contribution in [0.25, 0.3) is 0 Å². The fourth-order valence-corrected chi connectivity index (χ4v) is 1.98. The second-order valence-electron chi connectivity index (χ2n) is 4.26. The zero-order valence-electron chi connectivity index (χ0n) is 10.7. The van der Waals surface area contributed by atoms with Crippen molar-refractivity contribution in [1.82, 2.24) is 15.1 Å². The molecule has 0 aromatic heterocycles. The second kappa shape index (κ2) is 10.1. The molecule has 1 unspecified atom stereocenters. The van der Waals surface area contributed by atoms with Gasteiger partial charge in [0.15, 0.2) is 0 Å². The Morgan fingerprint density at radius 1 is 1.05 bits per heavy atom. The normalized spacial score (nSPS) is 26.9. The quantitative estimate of drug-likeness (QED) is 0.423. The van der Waals surface area contributed by atoms with E-state index in [2.05, 4.69) is 5.32 Å². The molecule has 114 valence electrons. The monoisotopic (exact) mass is 377 g/mol. The van der Waals surface area contributed by atoms with Crippen LogP contribution in [0, 0.1) is 0 Å². The molecular formula is C9H17Cl3F3N3Ti. The van der Waals surface area contributed by atoms with Crippen molar-refractivity contribution in [1.29, 1.82) is 0 Å². The summed E-state index contributed by atoms with van der Waals surface area (Å²) in [5.41, 5.74) is 0. The molecule has 19 heavy (non-hydrogen) atoms. The Bertz CT molecular complexity index is 248. The van der Waals surface area contributed by atoms with Crippen LogP contribution >= 0.6 is 0 Å². The zero-order chi connectivity index (χ0) is 12.4. The van der Waals surface area contributed by atoms with Crippen molar-refractivity contribution < 1.29 is 70.8 Å². The van der Waals surface area contributed by atoms with Gasteiger partial charge in [-0.2, -0.15) is 0 Å². The molecule has 0 aromatic rings. The summed E-state index contributed by atoms with van der Waals surface area (Å²) in [7, 11) is 3.46. The molecule has 1 heterocycles. The minimum atomic E-state index is -4.21. The molecule has 1 aliphatic rings. The first-order chi connectivity index (χ1) is 7.27. The smallest absolute Gasteiger partial charge is 1.00 e. The molecule has 10 heteroatoms. The van der Waals surface area contributed by atoms with Gasteiger partial charge in [-0.05, 0) is 0 Å². The first-order valence-corrected chi connectivity index (χ1v) is 5.98. The molecule has 1 fully saturated rings. The van der Waals surface area contributed by atoms with Gasteiger partial charge >= 0.3 is 106 Å². The Labute approximate surface area is 142 Å². The summed E-state index contributed by atoms with van der Waals surface area (Å²) >= 11 is 1.26. The minimum Gasteiger partial charge on any atom is -1.00 e. The van der Waals surface area contributed by atoms with Gasteiger partial charge in [-0.15, -0.1) is 0 Å². The van der Waals surface area contributed by atoms with Crippen LogP contribution in [0.4, 0.5) is 13.2 Å². The van der Waals surface area contributed by atoms with E-state index in [4.69, 9.17) is 0 Å². The SMILES string of the molecule is CN1CCNC[C]([Ti+3])(C(F)(F)F)N(C)CC1.[Cl-].[Cl-].[Cl-]. The summed E-state index contributed by atoms with van der Waals surface area (Å²) in [4.78, 5) is 3.42. The predicted molar refractivity (Wildman–Crippen MR) is 51.8 cm³/mol. The van der Waals surface area contributed by atoms with Crippen molar-refractivity contribution in [3.05, 3.63) is 0 Å². The molecule has 1 aliphatic heterocycles. The average molecular weight is 378 g/mol. The Kier molecular flexibility index (Phi) is 13.4. The topological polar surface area (TPSA) is 18.5 Å². The standard InChI is InChI=1S/C9H17F3N3.3ClH.Ti/c1-14-4-3-13-7-8(9(10,11)12)15(2)6-5-14;;;;/h13H,3-7H2,1-2H3;3*1H;/q;;;;+3/p-3. The largest absolute Gasteiger partial charge is 1.00 e. The number of halogens is 6. The maximum atomic E-state index is 13.0. The maximum Gasteiger partial charge on any atom is -1.00 e. The molecule has 0 spiro atoms. The number of hydrogen-bond donors (Lipinski definition) is 1. The number of rotatable bonds is 0. The minimum absolute atomic E-state index is 0. The van der Waals surface area contributed by atoms with Gasteiger partial charge in [0.05, 0.1) is 0 Å². The second-order valence-corrected chi connectivity index (χ2v) is 5.55. The van der Waals surface area contributed by atoms with Gasteiger partial charge < -0.3 is 37.2 Å². The summed E-state index contributed by atoms with van der Waals surface area (Å²) < 4.78 is 37.3. The van der Waals surface area contributed by atoms with Crippen molar-refractivity contribution in [3.63, 3.8) is 0 Å². The van der Waals surface area contributed by atoms with Crippen LogP contribution in [0.2, 0.25) is 0 Å². The van der Waals surface area contributed by atoms with Crippen molar-refractivity contribution in [2.45, 2.75) is 10.0 Å². The van der Waals surface area contributed by atoms with E-state index >= 15 is 0 Å². The van der Waals surface area contributed by atoms with Crippen LogP contribution in [0.1, 0.15) is 0 Å². The van der Waals surface area contributed by atoms with Gasteiger partial charge in [0.2, 0.25) is 0 Å². The molecular weight excluding hydrogens is 361 g/mol. The van der Waals surface area contributed by atoms with Crippen molar-refractivity contribution in [2.75, 3.05) is 46.8 Å². The van der Waals surface area contributed by atoms with Gasteiger partial charge in [-0.3, -0.25) is 0 Å². The number of nitrogens with one attached hydrogen (secondary N) is 1. The molecule has 0 aromatic carbocycles. The van der Waals surface area contributed by atoms with E-state index in [0.29, 0.717) is 19.6 Å². The Balaban J connectivity index is -0.000000853. The molecule has 1 atom stereocenters. The fourth-order valence-electron chi connectivity index (χ4n) is 1.61. The van der Waals surface area contributed by atoms with Crippen LogP contribution in [-0.4, -0.2) is 66.6 Å². The van der Waals surface area contributed by atoms with E-state index in [-0.39, 0.29) is 43.8 Å². The molecule has 0 aliphatic carbocycles. The Morgan fingerprint density at radius 2 is 1.58 bits per heavy atom. The number of alkyl halides is 3. The number of likely N-dealkylation sites (N-methyl/N-ethyl adjacent to an activating group) is 2. The van der Waals surface area contributed by atoms with Crippen LogP contribution in [0.15, 0.2) is 0 Å². The van der Waals surface area contributed by atoms with Gasteiger partial charge in [-0.1, -0.05) is 0 Å². The van der Waals surface area contributed by atoms with Gasteiger partial charge in [0, 0.05) is 0 Å². The molecule has 1 rings (SSSR count). The van der Waals surface area contributed by atoms with Crippen LogP contribution < -0.4 is 42.5 Å². The molecule has 1 saturated heterocycles. The molecule has 3 nitrogen and oxygen atoms in total. The summed E-state index contributed by atoms with van der Waals surface area (Å²) in [5.74, 6) is 0. The van der Waals surface area contributed by atoms with Crippen LogP contribution in [0.5, 0.6) is 0 Å². The summed E-state index contributed by atoms with van der Waals surface area (Å²) in [6.07, 6.45) is -4.21. The predicted octanol–water partition coefficient (Wildman–Crippen LogP) is -8.73. The third-order valence-electron chi connectivity index (χ3n) is 2.99. The van der Waals surface area contributed by atoms with E-state index in [9.17, 15) is 13.2 Å². The number of nitrogens with zero attached hydrogens (tertiary/aromatic N) is 2. The average Bonchev–Trinajstić information content (AvgIpc) is 2.23. The van der Waals surface area contributed by atoms with E-state index in [1.165, 1.54) is 32.4 Å². The van der Waals surface area contributed by atoms with Crippen LogP contribution in [-0.2, 0) is 20.4 Å². The van der Waals surface area contributed by atoms with E-state index in [1.54, 1.807) is 0 Å². The van der Waals surface area contributed by atoms with Crippen molar-refractivity contribution in [2.24, 2.45) is 0 Å². The van der Waals surface area contributed by atoms with E-state index < -0.39 is 10.0 Å². The summed E-state index contributed by atoms with van der Waals surface area (Å²) in [5, 5.41) is 2.88. The Hall–Kier alpha value is 1.25. The molecule has 0 saturated carbocycles. The molecule has 0 radical (unpaired) electrons. The fraction of sp³-hybridized carbons (Fsp3) is 1.00. The maximum absolute atomic E-state index is 13.0. The molecule has 0 bridgehead atoms. The summed E-state index contributed by atoms with van der Waals surface area (Å²) in [6, 6.07) is 0. The summed E-state index contributed by atoms with van der Waals surface area (Å²) in [6.45, 7) is 2.40. The van der Waals surface area contributed by atoms with Gasteiger partial charge in [0.1, 0.15) is 0 Å². The van der Waals surface area contributed by atoms with Crippen molar-refractivity contribution in [3.8, 4) is 0 Å². The zero-order valence-corrected chi connectivity index (χ0v) is 14.5. The Morgan fingerprint density at radius 3 is 2.05 bits per heavy atom. The van der Waals surface area contributed by atoms with E-state index in [0.717, 1.165) is 6.54 Å². The first-order valence-electron chi connectivity index (χ1n) is 5.19.